The van der Waals surface area contributed by atoms with Crippen molar-refractivity contribution in [2.75, 3.05) is 5.32 Å². The number of benzene rings is 1. The SMILES string of the molecule is CC1(C)CC(=O)c2c(C(=O)Nc3ccc(CO)cc3)c[nH]c2C1. The van der Waals surface area contributed by atoms with E-state index in [1.165, 1.54) is 0 Å². The highest BCUT2D eigenvalue weighted by atomic mass is 16.3. The van der Waals surface area contributed by atoms with Gasteiger partial charge in [-0.05, 0) is 29.5 Å². The minimum absolute atomic E-state index is 0.0123. The molecule has 5 heteroatoms. The Labute approximate surface area is 134 Å². The molecule has 0 fully saturated rings. The summed E-state index contributed by atoms with van der Waals surface area (Å²) in [4.78, 5) is 28.0. The van der Waals surface area contributed by atoms with Crippen LogP contribution in [-0.4, -0.2) is 21.8 Å². The standard InChI is InChI=1S/C18H20N2O3/c1-18(2)7-14-16(15(22)8-18)13(9-19-14)17(23)20-12-5-3-11(10-21)4-6-12/h3-6,9,19,21H,7-8,10H2,1-2H3,(H,20,23). The average Bonchev–Trinajstić information content (AvgIpc) is 2.90. The van der Waals surface area contributed by atoms with Crippen molar-refractivity contribution >= 4 is 17.4 Å². The highest BCUT2D eigenvalue weighted by Gasteiger charge is 2.35. The van der Waals surface area contributed by atoms with Crippen molar-refractivity contribution < 1.29 is 14.7 Å². The molecule has 1 aliphatic rings. The Morgan fingerprint density at radius 3 is 2.61 bits per heavy atom. The van der Waals surface area contributed by atoms with Gasteiger partial charge in [-0.15, -0.1) is 0 Å². The molecule has 0 unspecified atom stereocenters. The van der Waals surface area contributed by atoms with Gasteiger partial charge in [0.15, 0.2) is 5.78 Å². The minimum Gasteiger partial charge on any atom is -0.392 e. The van der Waals surface area contributed by atoms with Crippen molar-refractivity contribution in [3.05, 3.63) is 52.8 Å². The zero-order valence-electron chi connectivity index (χ0n) is 13.3. The normalized spacial score (nSPS) is 16.0. The molecule has 0 aliphatic heterocycles. The molecule has 1 aliphatic carbocycles. The number of H-pyrrole nitrogens is 1. The predicted molar refractivity (Wildman–Crippen MR) is 87.5 cm³/mol. The third-order valence-electron chi connectivity index (χ3n) is 4.17. The lowest BCUT2D eigenvalue weighted by Gasteiger charge is -2.28. The van der Waals surface area contributed by atoms with Gasteiger partial charge in [0.25, 0.3) is 5.91 Å². The molecule has 0 saturated carbocycles. The first-order valence-corrected chi connectivity index (χ1v) is 7.64. The number of aliphatic hydroxyl groups is 1. The van der Waals surface area contributed by atoms with Gasteiger partial charge in [0.1, 0.15) is 0 Å². The summed E-state index contributed by atoms with van der Waals surface area (Å²) >= 11 is 0. The molecule has 1 aromatic carbocycles. The van der Waals surface area contributed by atoms with Gasteiger partial charge < -0.3 is 15.4 Å². The molecule has 3 N–H and O–H groups in total. The van der Waals surface area contributed by atoms with Crippen LogP contribution >= 0.6 is 0 Å². The van der Waals surface area contributed by atoms with Gasteiger partial charge in [0, 0.05) is 24.0 Å². The van der Waals surface area contributed by atoms with Crippen LogP contribution in [0.1, 0.15) is 52.2 Å². The maximum Gasteiger partial charge on any atom is 0.257 e. The van der Waals surface area contributed by atoms with Crippen LogP contribution in [0, 0.1) is 5.41 Å². The molecule has 1 heterocycles. The number of carbonyl (C=O) groups is 2. The van der Waals surface area contributed by atoms with Gasteiger partial charge in [-0.25, -0.2) is 0 Å². The quantitative estimate of drug-likeness (QED) is 0.815. The van der Waals surface area contributed by atoms with Crippen molar-refractivity contribution in [2.24, 2.45) is 5.41 Å². The van der Waals surface area contributed by atoms with Gasteiger partial charge in [-0.1, -0.05) is 26.0 Å². The summed E-state index contributed by atoms with van der Waals surface area (Å²) in [6.07, 6.45) is 2.82. The second-order valence-corrected chi connectivity index (χ2v) is 6.81. The van der Waals surface area contributed by atoms with Crippen molar-refractivity contribution in [2.45, 2.75) is 33.3 Å². The number of hydrogen-bond donors (Lipinski definition) is 3. The number of anilines is 1. The summed E-state index contributed by atoms with van der Waals surface area (Å²) in [5.74, 6) is -0.286. The first kappa shape index (κ1) is 15.5. The summed E-state index contributed by atoms with van der Waals surface area (Å²) in [5.41, 5.74) is 3.08. The fourth-order valence-corrected chi connectivity index (χ4v) is 3.06. The number of ketones is 1. The van der Waals surface area contributed by atoms with Crippen LogP contribution in [-0.2, 0) is 13.0 Å². The van der Waals surface area contributed by atoms with E-state index in [-0.39, 0.29) is 23.7 Å². The molecule has 0 bridgehead atoms. The second-order valence-electron chi connectivity index (χ2n) is 6.81. The smallest absolute Gasteiger partial charge is 0.257 e. The lowest BCUT2D eigenvalue weighted by atomic mass is 9.75. The van der Waals surface area contributed by atoms with E-state index < -0.39 is 0 Å². The molecule has 3 rings (SSSR count). The molecule has 0 radical (unpaired) electrons. The Balaban J connectivity index is 1.84. The highest BCUT2D eigenvalue weighted by molar-refractivity contribution is 6.13. The van der Waals surface area contributed by atoms with E-state index >= 15 is 0 Å². The molecule has 0 atom stereocenters. The number of aliphatic hydroxyl groups excluding tert-OH is 1. The number of aromatic nitrogens is 1. The number of aromatic amines is 1. The topological polar surface area (TPSA) is 82.2 Å². The van der Waals surface area contributed by atoms with Crippen molar-refractivity contribution in [3.63, 3.8) is 0 Å². The molecule has 2 aromatic rings. The summed E-state index contributed by atoms with van der Waals surface area (Å²) in [6.45, 7) is 4.07. The monoisotopic (exact) mass is 312 g/mol. The van der Waals surface area contributed by atoms with Crippen LogP contribution in [0.3, 0.4) is 0 Å². The van der Waals surface area contributed by atoms with Crippen LogP contribution in [0.2, 0.25) is 0 Å². The Morgan fingerprint density at radius 2 is 1.96 bits per heavy atom. The van der Waals surface area contributed by atoms with E-state index in [0.717, 1.165) is 17.7 Å². The van der Waals surface area contributed by atoms with Crippen molar-refractivity contribution in [1.82, 2.24) is 4.98 Å². The number of Topliss-reactive ketones (excluding diaryl/α,β-unsaturated/α-hetero) is 1. The molecule has 23 heavy (non-hydrogen) atoms. The lowest BCUT2D eigenvalue weighted by molar-refractivity contribution is 0.0902. The molecule has 1 amide bonds. The molecule has 0 saturated heterocycles. The van der Waals surface area contributed by atoms with Crippen molar-refractivity contribution in [3.8, 4) is 0 Å². The first-order chi connectivity index (χ1) is 10.9. The van der Waals surface area contributed by atoms with Gasteiger partial charge in [-0.3, -0.25) is 9.59 Å². The highest BCUT2D eigenvalue weighted by Crippen LogP contribution is 2.35. The zero-order valence-corrected chi connectivity index (χ0v) is 13.3. The van der Waals surface area contributed by atoms with E-state index in [4.69, 9.17) is 5.11 Å². The lowest BCUT2D eigenvalue weighted by Crippen LogP contribution is -2.28. The number of carbonyl (C=O) groups excluding carboxylic acids is 2. The number of fused-ring (bicyclic) bond motifs is 1. The van der Waals surface area contributed by atoms with Gasteiger partial charge >= 0.3 is 0 Å². The molecule has 0 spiro atoms. The summed E-state index contributed by atoms with van der Waals surface area (Å²) < 4.78 is 0. The first-order valence-electron chi connectivity index (χ1n) is 7.64. The number of rotatable bonds is 3. The Bertz CT molecular complexity index is 757. The molecule has 1 aromatic heterocycles. The summed E-state index contributed by atoms with van der Waals surface area (Å²) in [5, 5.41) is 11.8. The van der Waals surface area contributed by atoms with Crippen molar-refractivity contribution in [1.29, 1.82) is 0 Å². The Hall–Kier alpha value is -2.40. The van der Waals surface area contributed by atoms with Gasteiger partial charge in [0.05, 0.1) is 17.7 Å². The third kappa shape index (κ3) is 3.05. The van der Waals surface area contributed by atoms with Crippen LogP contribution in [0.5, 0.6) is 0 Å². The van der Waals surface area contributed by atoms with E-state index in [2.05, 4.69) is 24.1 Å². The molecular weight excluding hydrogens is 292 g/mol. The maximum absolute atomic E-state index is 12.5. The van der Waals surface area contributed by atoms with Crippen LogP contribution in [0.25, 0.3) is 0 Å². The average molecular weight is 312 g/mol. The number of amides is 1. The molecule has 120 valence electrons. The number of hydrogen-bond acceptors (Lipinski definition) is 3. The zero-order chi connectivity index (χ0) is 16.6. The largest absolute Gasteiger partial charge is 0.392 e. The Kier molecular flexibility index (Phi) is 3.82. The summed E-state index contributed by atoms with van der Waals surface area (Å²) in [6, 6.07) is 6.95. The van der Waals surface area contributed by atoms with Crippen LogP contribution in [0.15, 0.2) is 30.5 Å². The van der Waals surface area contributed by atoms with Gasteiger partial charge in [-0.2, -0.15) is 0 Å². The minimum atomic E-state index is -0.299. The van der Waals surface area contributed by atoms with Crippen LogP contribution < -0.4 is 5.32 Å². The fourth-order valence-electron chi connectivity index (χ4n) is 3.06. The van der Waals surface area contributed by atoms with E-state index in [9.17, 15) is 9.59 Å². The van der Waals surface area contributed by atoms with Crippen LogP contribution in [0.4, 0.5) is 5.69 Å². The van der Waals surface area contributed by atoms with E-state index in [1.54, 1.807) is 30.5 Å². The third-order valence-corrected chi connectivity index (χ3v) is 4.17. The van der Waals surface area contributed by atoms with E-state index in [1.807, 2.05) is 0 Å². The predicted octanol–water partition coefficient (Wildman–Crippen LogP) is 2.91. The molecular formula is C18H20N2O3. The van der Waals surface area contributed by atoms with Gasteiger partial charge in [0.2, 0.25) is 0 Å². The second kappa shape index (κ2) is 5.66. The maximum atomic E-state index is 12.5. The number of nitrogens with one attached hydrogen (secondary N) is 2. The fraction of sp³-hybridized carbons (Fsp3) is 0.333. The molecule has 5 nitrogen and oxygen atoms in total. The Morgan fingerprint density at radius 1 is 1.26 bits per heavy atom. The summed E-state index contributed by atoms with van der Waals surface area (Å²) in [7, 11) is 0. The van der Waals surface area contributed by atoms with E-state index in [0.29, 0.717) is 23.2 Å².